The Balaban J connectivity index is 2.03. The van der Waals surface area contributed by atoms with E-state index in [-0.39, 0.29) is 0 Å². The maximum atomic E-state index is 5.49. The van der Waals surface area contributed by atoms with Crippen LogP contribution in [0.5, 0.6) is 0 Å². The van der Waals surface area contributed by atoms with Gasteiger partial charge >= 0.3 is 5.90 Å². The van der Waals surface area contributed by atoms with Gasteiger partial charge in [-0.25, -0.2) is 4.58 Å². The molecule has 0 bridgehead atoms. The van der Waals surface area contributed by atoms with E-state index in [1.165, 1.54) is 12.3 Å². The van der Waals surface area contributed by atoms with Crippen LogP contribution >= 0.6 is 0 Å². The lowest BCUT2D eigenvalue weighted by molar-refractivity contribution is -0.534. The topological polar surface area (TPSA) is 26.3 Å². The Morgan fingerprint density at radius 3 is 2.73 bits per heavy atom. The van der Waals surface area contributed by atoms with Gasteiger partial charge in [0.1, 0.15) is 13.1 Å². The van der Waals surface area contributed by atoms with Gasteiger partial charge in [-0.15, -0.1) is 0 Å². The smallest absolute Gasteiger partial charge is 0.336 e. The summed E-state index contributed by atoms with van der Waals surface area (Å²) >= 11 is 0. The van der Waals surface area contributed by atoms with E-state index >= 15 is 0 Å². The van der Waals surface area contributed by atoms with E-state index in [1.54, 1.807) is 0 Å². The number of rotatable bonds is 0. The van der Waals surface area contributed by atoms with Gasteiger partial charge in [0.2, 0.25) is 0 Å². The van der Waals surface area contributed by atoms with Crippen LogP contribution in [0.1, 0.15) is 12.8 Å². The van der Waals surface area contributed by atoms with Crippen molar-refractivity contribution in [2.24, 2.45) is 0 Å². The third-order valence-electron chi connectivity index (χ3n) is 2.21. The minimum atomic E-state index is 0.920. The minimum Gasteiger partial charge on any atom is -0.652 e. The van der Waals surface area contributed by atoms with Crippen molar-refractivity contribution in [2.75, 3.05) is 32.8 Å². The second kappa shape index (κ2) is 3.22. The molecule has 0 amide bonds. The van der Waals surface area contributed by atoms with Crippen molar-refractivity contribution in [3.63, 3.8) is 0 Å². The molecule has 0 spiro atoms. The average molecular weight is 154 g/mol. The predicted molar refractivity (Wildman–Crippen MR) is 43.3 cm³/mol. The van der Waals surface area contributed by atoms with E-state index in [4.69, 9.17) is 4.74 Å². The molecule has 0 aromatic rings. The van der Waals surface area contributed by atoms with Gasteiger partial charge in [0.05, 0.1) is 13.0 Å². The zero-order valence-electron chi connectivity index (χ0n) is 6.75. The van der Waals surface area contributed by atoms with E-state index in [0.717, 1.165) is 39.2 Å². The molecule has 3 nitrogen and oxygen atoms in total. The lowest BCUT2D eigenvalue weighted by Crippen LogP contribution is -2.30. The maximum Gasteiger partial charge on any atom is 0.336 e. The lowest BCUT2D eigenvalue weighted by Gasteiger charge is -2.23. The summed E-state index contributed by atoms with van der Waals surface area (Å²) in [7, 11) is 0. The van der Waals surface area contributed by atoms with Crippen LogP contribution in [0.3, 0.4) is 0 Å². The van der Waals surface area contributed by atoms with Crippen molar-refractivity contribution in [1.29, 1.82) is 0 Å². The summed E-state index contributed by atoms with van der Waals surface area (Å²) in [5, 5.41) is 4.29. The van der Waals surface area contributed by atoms with E-state index in [9.17, 15) is 0 Å². The van der Waals surface area contributed by atoms with Gasteiger partial charge in [-0.3, -0.25) is 0 Å². The molecule has 0 N–H and O–H groups in total. The molecule has 2 heterocycles. The standard InChI is InChI=1S/C8H14N2O/c1-2-8(11-7-1)10-5-3-9-4-6-10/h1-7H2. The second-order valence-electron chi connectivity index (χ2n) is 3.00. The summed E-state index contributed by atoms with van der Waals surface area (Å²) in [5.41, 5.74) is 0. The van der Waals surface area contributed by atoms with Crippen molar-refractivity contribution in [2.45, 2.75) is 12.8 Å². The molecule has 2 fully saturated rings. The van der Waals surface area contributed by atoms with Gasteiger partial charge < -0.3 is 10.1 Å². The maximum absolute atomic E-state index is 5.49. The average Bonchev–Trinajstić information content (AvgIpc) is 2.58. The van der Waals surface area contributed by atoms with Crippen LogP contribution in [0.25, 0.3) is 5.32 Å². The quantitative estimate of drug-likeness (QED) is 0.469. The summed E-state index contributed by atoms with van der Waals surface area (Å²) in [5.74, 6) is 1.21. The first-order chi connectivity index (χ1) is 5.47. The van der Waals surface area contributed by atoms with E-state index in [0.29, 0.717) is 0 Å². The Bertz CT molecular complexity index is 161. The first kappa shape index (κ1) is 7.10. The molecule has 0 radical (unpaired) electrons. The third kappa shape index (κ3) is 1.53. The first-order valence-electron chi connectivity index (χ1n) is 4.33. The Kier molecular flexibility index (Phi) is 2.08. The Morgan fingerprint density at radius 2 is 2.09 bits per heavy atom. The third-order valence-corrected chi connectivity index (χ3v) is 2.21. The van der Waals surface area contributed by atoms with Gasteiger partial charge in [0, 0.05) is 0 Å². The minimum absolute atomic E-state index is 0.920. The molecule has 0 aliphatic carbocycles. The molecule has 2 saturated heterocycles. The van der Waals surface area contributed by atoms with Crippen LogP contribution in [0.15, 0.2) is 0 Å². The Morgan fingerprint density at radius 1 is 1.27 bits per heavy atom. The van der Waals surface area contributed by atoms with Crippen molar-refractivity contribution in [3.8, 4) is 0 Å². The van der Waals surface area contributed by atoms with Gasteiger partial charge in [0.25, 0.3) is 0 Å². The molecule has 0 unspecified atom stereocenters. The summed E-state index contributed by atoms with van der Waals surface area (Å²) in [4.78, 5) is 0. The van der Waals surface area contributed by atoms with Crippen LogP contribution in [-0.4, -0.2) is 43.3 Å². The molecule has 0 aromatic heterocycles. The van der Waals surface area contributed by atoms with Gasteiger partial charge in [-0.2, -0.15) is 0 Å². The highest BCUT2D eigenvalue weighted by Gasteiger charge is 2.20. The summed E-state index contributed by atoms with van der Waals surface area (Å²) in [6, 6.07) is 0. The monoisotopic (exact) mass is 154 g/mol. The van der Waals surface area contributed by atoms with Crippen LogP contribution in [-0.2, 0) is 4.74 Å². The molecule has 2 aliphatic rings. The second-order valence-corrected chi connectivity index (χ2v) is 3.00. The normalized spacial score (nSPS) is 25.5. The molecular weight excluding hydrogens is 140 g/mol. The fourth-order valence-electron chi connectivity index (χ4n) is 1.59. The zero-order chi connectivity index (χ0) is 7.52. The molecular formula is C8H14N2O. The van der Waals surface area contributed by atoms with Crippen LogP contribution < -0.4 is 0 Å². The molecule has 0 aromatic carbocycles. The molecule has 0 saturated carbocycles. The van der Waals surface area contributed by atoms with Crippen LogP contribution in [0.4, 0.5) is 0 Å². The molecule has 2 aliphatic heterocycles. The lowest BCUT2D eigenvalue weighted by atomic mass is 10.3. The highest BCUT2D eigenvalue weighted by molar-refractivity contribution is 5.72. The summed E-state index contributed by atoms with van der Waals surface area (Å²) < 4.78 is 7.83. The van der Waals surface area contributed by atoms with Crippen molar-refractivity contribution >= 4 is 5.90 Å². The van der Waals surface area contributed by atoms with E-state index in [2.05, 4.69) is 9.89 Å². The Labute approximate surface area is 67.1 Å². The predicted octanol–water partition coefficient (Wildman–Crippen LogP) is 0.595. The number of piperazine rings is 1. The number of hydrogen-bond donors (Lipinski definition) is 0. The zero-order valence-corrected chi connectivity index (χ0v) is 6.75. The number of nitrogens with zero attached hydrogens (tertiary/aromatic N) is 2. The van der Waals surface area contributed by atoms with E-state index < -0.39 is 0 Å². The summed E-state index contributed by atoms with van der Waals surface area (Å²) in [6.07, 6.45) is 2.34. The fourth-order valence-corrected chi connectivity index (χ4v) is 1.59. The number of hydrogen-bond acceptors (Lipinski definition) is 1. The Hall–Kier alpha value is -0.570. The largest absolute Gasteiger partial charge is 0.652 e. The van der Waals surface area contributed by atoms with Crippen molar-refractivity contribution in [1.82, 2.24) is 0 Å². The molecule has 2 rings (SSSR count). The first-order valence-corrected chi connectivity index (χ1v) is 4.33. The van der Waals surface area contributed by atoms with Crippen molar-refractivity contribution in [3.05, 3.63) is 5.32 Å². The molecule has 3 heteroatoms. The SMILES string of the molecule is C1COC(=[N+]2CC[N-]CC2)C1. The van der Waals surface area contributed by atoms with E-state index in [1.807, 2.05) is 0 Å². The van der Waals surface area contributed by atoms with Crippen molar-refractivity contribution < 1.29 is 9.31 Å². The highest BCUT2D eigenvalue weighted by Crippen LogP contribution is 2.07. The van der Waals surface area contributed by atoms with Crippen LogP contribution in [0, 0.1) is 0 Å². The molecule has 62 valence electrons. The highest BCUT2D eigenvalue weighted by atomic mass is 16.5. The van der Waals surface area contributed by atoms with Gasteiger partial charge in [-0.05, 0) is 6.42 Å². The molecule has 11 heavy (non-hydrogen) atoms. The number of ether oxygens (including phenoxy) is 1. The molecule has 0 atom stereocenters. The summed E-state index contributed by atoms with van der Waals surface area (Å²) in [6.45, 7) is 5.01. The van der Waals surface area contributed by atoms with Crippen LogP contribution in [0.2, 0.25) is 0 Å². The fraction of sp³-hybridized carbons (Fsp3) is 0.875. The van der Waals surface area contributed by atoms with Gasteiger partial charge in [-0.1, -0.05) is 13.1 Å². The van der Waals surface area contributed by atoms with Gasteiger partial charge in [0.15, 0.2) is 0 Å².